The molecule has 0 N–H and O–H groups in total. The quantitative estimate of drug-likeness (QED) is 0.766. The van der Waals surface area contributed by atoms with Crippen LogP contribution in [0.4, 0.5) is 4.39 Å². The molecule has 19 heavy (non-hydrogen) atoms. The number of halogens is 1. The largest absolute Gasteiger partial charge is 0.497 e. The Morgan fingerprint density at radius 3 is 2.53 bits per heavy atom. The van der Waals surface area contributed by atoms with Crippen molar-refractivity contribution in [1.82, 2.24) is 0 Å². The highest BCUT2D eigenvalue weighted by Gasteiger charge is 2.05. The fourth-order valence-electron chi connectivity index (χ4n) is 1.78. The molecule has 0 spiro atoms. The molecule has 0 bridgehead atoms. The summed E-state index contributed by atoms with van der Waals surface area (Å²) in [6, 6.07) is 14.2. The van der Waals surface area contributed by atoms with Gasteiger partial charge in [-0.25, -0.2) is 4.39 Å². The first kappa shape index (κ1) is 13.1. The van der Waals surface area contributed by atoms with Gasteiger partial charge in [-0.15, -0.1) is 0 Å². The molecule has 0 aliphatic carbocycles. The number of rotatable bonds is 4. The van der Waals surface area contributed by atoms with Crippen LogP contribution in [0.25, 0.3) is 11.9 Å². The van der Waals surface area contributed by atoms with Gasteiger partial charge in [0.2, 0.25) is 0 Å². The highest BCUT2D eigenvalue weighted by atomic mass is 19.1. The summed E-state index contributed by atoms with van der Waals surface area (Å²) in [6.07, 6.45) is 1.45. The zero-order valence-electron chi connectivity index (χ0n) is 10.9. The van der Waals surface area contributed by atoms with E-state index in [1.807, 2.05) is 12.1 Å². The highest BCUT2D eigenvalue weighted by molar-refractivity contribution is 5.79. The number of hydrogen-bond acceptors (Lipinski definition) is 2. The lowest BCUT2D eigenvalue weighted by molar-refractivity contribution is 0.414. The summed E-state index contributed by atoms with van der Waals surface area (Å²) in [6.45, 7) is 0. The molecule has 3 heteroatoms. The summed E-state index contributed by atoms with van der Waals surface area (Å²) < 4.78 is 24.5. The van der Waals surface area contributed by atoms with Crippen molar-refractivity contribution in [3.8, 4) is 11.5 Å². The lowest BCUT2D eigenvalue weighted by Crippen LogP contribution is -1.87. The molecule has 2 nitrogen and oxygen atoms in total. The summed E-state index contributed by atoms with van der Waals surface area (Å²) in [4.78, 5) is 0. The average Bonchev–Trinajstić information content (AvgIpc) is 2.47. The first-order valence-electron chi connectivity index (χ1n) is 5.89. The van der Waals surface area contributed by atoms with E-state index in [9.17, 15) is 4.39 Å². The number of hydrogen-bond donors (Lipinski definition) is 0. The Morgan fingerprint density at radius 1 is 1.00 bits per heavy atom. The third-order valence-corrected chi connectivity index (χ3v) is 2.77. The van der Waals surface area contributed by atoms with Gasteiger partial charge in [0.15, 0.2) is 0 Å². The van der Waals surface area contributed by atoms with Crippen LogP contribution in [0.3, 0.4) is 0 Å². The fraction of sp³-hybridized carbons (Fsp3) is 0.125. The van der Waals surface area contributed by atoms with E-state index in [1.165, 1.54) is 6.08 Å². The predicted molar refractivity (Wildman–Crippen MR) is 75.0 cm³/mol. The van der Waals surface area contributed by atoms with Crippen molar-refractivity contribution in [1.29, 1.82) is 0 Å². The van der Waals surface area contributed by atoms with Crippen LogP contribution in [0.5, 0.6) is 11.5 Å². The Morgan fingerprint density at radius 2 is 1.79 bits per heavy atom. The van der Waals surface area contributed by atoms with Gasteiger partial charge in [0, 0.05) is 11.1 Å². The Hall–Kier alpha value is -2.29. The third-order valence-electron chi connectivity index (χ3n) is 2.77. The van der Waals surface area contributed by atoms with Crippen LogP contribution >= 0.6 is 0 Å². The van der Waals surface area contributed by atoms with Gasteiger partial charge in [-0.3, -0.25) is 0 Å². The molecular weight excluding hydrogens is 243 g/mol. The molecule has 0 radical (unpaired) electrons. The molecule has 0 aromatic heterocycles. The maximum Gasteiger partial charge on any atom is 0.131 e. The Kier molecular flexibility index (Phi) is 4.18. The Balaban J connectivity index is 2.36. The van der Waals surface area contributed by atoms with Crippen molar-refractivity contribution in [3.05, 3.63) is 59.7 Å². The second-order valence-electron chi connectivity index (χ2n) is 3.97. The van der Waals surface area contributed by atoms with E-state index in [2.05, 4.69) is 0 Å². The molecule has 0 amide bonds. The van der Waals surface area contributed by atoms with Gasteiger partial charge in [0.1, 0.15) is 17.3 Å². The maximum atomic E-state index is 14.2. The fourth-order valence-corrected chi connectivity index (χ4v) is 1.78. The SMILES string of the molecule is COc1cccc(/C(F)=C\c2ccccc2OC)c1. The molecule has 2 aromatic carbocycles. The molecule has 0 saturated carbocycles. The molecule has 0 atom stereocenters. The van der Waals surface area contributed by atoms with Crippen molar-refractivity contribution < 1.29 is 13.9 Å². The first-order chi connectivity index (χ1) is 9.24. The molecule has 0 aliphatic rings. The van der Waals surface area contributed by atoms with Gasteiger partial charge in [-0.2, -0.15) is 0 Å². The molecule has 0 heterocycles. The van der Waals surface area contributed by atoms with Crippen LogP contribution in [0.2, 0.25) is 0 Å². The van der Waals surface area contributed by atoms with E-state index < -0.39 is 0 Å². The number of ether oxygens (including phenoxy) is 2. The molecule has 98 valence electrons. The van der Waals surface area contributed by atoms with Crippen molar-refractivity contribution in [2.75, 3.05) is 14.2 Å². The average molecular weight is 258 g/mol. The van der Waals surface area contributed by atoms with E-state index in [4.69, 9.17) is 9.47 Å². The van der Waals surface area contributed by atoms with Gasteiger partial charge in [-0.05, 0) is 24.3 Å². The molecular formula is C16H15FO2. The maximum absolute atomic E-state index is 14.2. The van der Waals surface area contributed by atoms with E-state index in [0.717, 1.165) is 0 Å². The van der Waals surface area contributed by atoms with Crippen LogP contribution < -0.4 is 9.47 Å². The lowest BCUT2D eigenvalue weighted by atomic mass is 10.1. The van der Waals surface area contributed by atoms with Crippen molar-refractivity contribution in [2.24, 2.45) is 0 Å². The topological polar surface area (TPSA) is 18.5 Å². The second kappa shape index (κ2) is 6.05. The van der Waals surface area contributed by atoms with Crippen LogP contribution in [0.15, 0.2) is 48.5 Å². The zero-order chi connectivity index (χ0) is 13.7. The van der Waals surface area contributed by atoms with Gasteiger partial charge < -0.3 is 9.47 Å². The molecule has 0 saturated heterocycles. The predicted octanol–water partition coefficient (Wildman–Crippen LogP) is 4.17. The highest BCUT2D eigenvalue weighted by Crippen LogP contribution is 2.26. The summed E-state index contributed by atoms with van der Waals surface area (Å²) in [5.74, 6) is 0.935. The third kappa shape index (κ3) is 3.13. The minimum Gasteiger partial charge on any atom is -0.497 e. The van der Waals surface area contributed by atoms with Gasteiger partial charge in [0.25, 0.3) is 0 Å². The minimum atomic E-state index is -0.330. The van der Waals surface area contributed by atoms with Crippen molar-refractivity contribution in [2.45, 2.75) is 0 Å². The lowest BCUT2D eigenvalue weighted by Gasteiger charge is -2.05. The first-order valence-corrected chi connectivity index (χ1v) is 5.89. The standard InChI is InChI=1S/C16H15FO2/c1-18-14-8-5-7-12(10-14)15(17)11-13-6-3-4-9-16(13)19-2/h3-11H,1-2H3/b15-11+. The van der Waals surface area contributed by atoms with E-state index in [0.29, 0.717) is 22.6 Å². The van der Waals surface area contributed by atoms with E-state index in [-0.39, 0.29) is 5.83 Å². The zero-order valence-corrected chi connectivity index (χ0v) is 10.9. The monoisotopic (exact) mass is 258 g/mol. The minimum absolute atomic E-state index is 0.330. The number of methoxy groups -OCH3 is 2. The number of para-hydroxylation sites is 1. The van der Waals surface area contributed by atoms with Crippen LogP contribution in [-0.2, 0) is 0 Å². The summed E-state index contributed by atoms with van der Waals surface area (Å²) >= 11 is 0. The molecule has 2 aromatic rings. The van der Waals surface area contributed by atoms with Crippen LogP contribution in [-0.4, -0.2) is 14.2 Å². The Bertz CT molecular complexity index is 591. The van der Waals surface area contributed by atoms with Gasteiger partial charge in [-0.1, -0.05) is 30.3 Å². The summed E-state index contributed by atoms with van der Waals surface area (Å²) in [5, 5.41) is 0. The molecule has 0 unspecified atom stereocenters. The second-order valence-corrected chi connectivity index (χ2v) is 3.97. The van der Waals surface area contributed by atoms with E-state index >= 15 is 0 Å². The van der Waals surface area contributed by atoms with Crippen LogP contribution in [0.1, 0.15) is 11.1 Å². The smallest absolute Gasteiger partial charge is 0.131 e. The summed E-state index contributed by atoms with van der Waals surface area (Å²) in [7, 11) is 3.12. The van der Waals surface area contributed by atoms with Crippen molar-refractivity contribution >= 4 is 11.9 Å². The van der Waals surface area contributed by atoms with Gasteiger partial charge in [0.05, 0.1) is 14.2 Å². The molecule has 0 fully saturated rings. The van der Waals surface area contributed by atoms with Crippen molar-refractivity contribution in [3.63, 3.8) is 0 Å². The van der Waals surface area contributed by atoms with Crippen LogP contribution in [0, 0.1) is 0 Å². The molecule has 2 rings (SSSR count). The normalized spacial score (nSPS) is 11.2. The number of benzene rings is 2. The summed E-state index contributed by atoms with van der Waals surface area (Å²) in [5.41, 5.74) is 1.18. The Labute approximate surface area is 112 Å². The van der Waals surface area contributed by atoms with Gasteiger partial charge >= 0.3 is 0 Å². The van der Waals surface area contributed by atoms with E-state index in [1.54, 1.807) is 50.6 Å². The molecule has 0 aliphatic heterocycles.